The van der Waals surface area contributed by atoms with E-state index < -0.39 is 0 Å². The number of hydrogen-bond donors (Lipinski definition) is 1. The molecule has 88 valence electrons. The molecule has 0 aromatic rings. The van der Waals surface area contributed by atoms with Gasteiger partial charge in [-0.25, -0.2) is 0 Å². The summed E-state index contributed by atoms with van der Waals surface area (Å²) < 4.78 is 5.94. The van der Waals surface area contributed by atoms with Crippen molar-refractivity contribution in [2.45, 2.75) is 58.1 Å². The Morgan fingerprint density at radius 2 is 2.13 bits per heavy atom. The molecule has 1 aliphatic rings. The van der Waals surface area contributed by atoms with Crippen LogP contribution in [0.15, 0.2) is 12.2 Å². The van der Waals surface area contributed by atoms with Crippen LogP contribution in [0.4, 0.5) is 0 Å². The highest BCUT2D eigenvalue weighted by atomic mass is 16.5. The van der Waals surface area contributed by atoms with E-state index in [-0.39, 0.29) is 5.60 Å². The molecule has 15 heavy (non-hydrogen) atoms. The smallest absolute Gasteiger partial charge is 0.0692 e. The SMILES string of the molecule is C=C(C)CNC1CCOC(CC)(CC)C1. The monoisotopic (exact) mass is 211 g/mol. The van der Waals surface area contributed by atoms with E-state index in [1.807, 2.05) is 0 Å². The van der Waals surface area contributed by atoms with Gasteiger partial charge in [-0.2, -0.15) is 0 Å². The molecule has 1 rings (SSSR count). The van der Waals surface area contributed by atoms with Crippen LogP contribution in [0.1, 0.15) is 46.5 Å². The van der Waals surface area contributed by atoms with Crippen molar-refractivity contribution in [2.24, 2.45) is 0 Å². The fraction of sp³-hybridized carbons (Fsp3) is 0.846. The van der Waals surface area contributed by atoms with Gasteiger partial charge in [0, 0.05) is 19.2 Å². The maximum absolute atomic E-state index is 5.94. The van der Waals surface area contributed by atoms with Crippen molar-refractivity contribution >= 4 is 0 Å². The first-order chi connectivity index (χ1) is 7.12. The average Bonchev–Trinajstić information content (AvgIpc) is 2.26. The summed E-state index contributed by atoms with van der Waals surface area (Å²) in [6.07, 6.45) is 4.52. The summed E-state index contributed by atoms with van der Waals surface area (Å²) in [5.41, 5.74) is 1.34. The quantitative estimate of drug-likeness (QED) is 0.706. The third kappa shape index (κ3) is 3.62. The van der Waals surface area contributed by atoms with Gasteiger partial charge >= 0.3 is 0 Å². The van der Waals surface area contributed by atoms with Crippen LogP contribution < -0.4 is 5.32 Å². The molecule has 2 heteroatoms. The molecule has 1 N–H and O–H groups in total. The normalized spacial score (nSPS) is 25.1. The minimum atomic E-state index is 0.130. The van der Waals surface area contributed by atoms with Gasteiger partial charge in [0.15, 0.2) is 0 Å². The van der Waals surface area contributed by atoms with Crippen LogP contribution in [0, 0.1) is 0 Å². The van der Waals surface area contributed by atoms with Crippen molar-refractivity contribution in [1.82, 2.24) is 5.32 Å². The predicted octanol–water partition coefficient (Wildman–Crippen LogP) is 2.89. The van der Waals surface area contributed by atoms with Crippen LogP contribution in [-0.2, 0) is 4.74 Å². The molecule has 1 fully saturated rings. The molecule has 1 aliphatic heterocycles. The van der Waals surface area contributed by atoms with Gasteiger partial charge in [-0.05, 0) is 32.6 Å². The Morgan fingerprint density at radius 3 is 2.67 bits per heavy atom. The molecule has 0 amide bonds. The molecule has 0 saturated carbocycles. The Bertz CT molecular complexity index is 209. The summed E-state index contributed by atoms with van der Waals surface area (Å²) in [5, 5.41) is 3.56. The molecule has 2 nitrogen and oxygen atoms in total. The van der Waals surface area contributed by atoms with E-state index in [4.69, 9.17) is 4.74 Å². The second-order valence-corrected chi connectivity index (χ2v) is 4.77. The molecular weight excluding hydrogens is 186 g/mol. The summed E-state index contributed by atoms with van der Waals surface area (Å²) >= 11 is 0. The van der Waals surface area contributed by atoms with E-state index in [9.17, 15) is 0 Å². The first kappa shape index (κ1) is 12.7. The lowest BCUT2D eigenvalue weighted by Crippen LogP contribution is -2.46. The number of rotatable bonds is 5. The van der Waals surface area contributed by atoms with Crippen molar-refractivity contribution in [3.05, 3.63) is 12.2 Å². The first-order valence-electron chi connectivity index (χ1n) is 6.13. The summed E-state index contributed by atoms with van der Waals surface area (Å²) in [5.74, 6) is 0. The zero-order valence-electron chi connectivity index (χ0n) is 10.4. The molecule has 0 aromatic heterocycles. The largest absolute Gasteiger partial charge is 0.375 e. The van der Waals surface area contributed by atoms with Crippen molar-refractivity contribution in [3.63, 3.8) is 0 Å². The van der Waals surface area contributed by atoms with Crippen molar-refractivity contribution in [3.8, 4) is 0 Å². The maximum atomic E-state index is 5.94. The second-order valence-electron chi connectivity index (χ2n) is 4.77. The van der Waals surface area contributed by atoms with Crippen LogP contribution in [0.5, 0.6) is 0 Å². The Hall–Kier alpha value is -0.340. The highest BCUT2D eigenvalue weighted by Gasteiger charge is 2.33. The van der Waals surface area contributed by atoms with Gasteiger partial charge in [-0.15, -0.1) is 0 Å². The number of ether oxygens (including phenoxy) is 1. The molecule has 1 atom stereocenters. The molecule has 0 aliphatic carbocycles. The second kappa shape index (κ2) is 5.66. The molecule has 0 aromatic carbocycles. The van der Waals surface area contributed by atoms with E-state index in [0.29, 0.717) is 6.04 Å². The number of nitrogens with one attached hydrogen (secondary N) is 1. The van der Waals surface area contributed by atoms with Gasteiger partial charge in [0.2, 0.25) is 0 Å². The highest BCUT2D eigenvalue weighted by molar-refractivity contribution is 4.94. The standard InChI is InChI=1S/C13H25NO/c1-5-13(6-2)9-12(7-8-15-13)14-10-11(3)4/h12,14H,3,5-10H2,1-2,4H3. The van der Waals surface area contributed by atoms with Crippen LogP contribution in [0.3, 0.4) is 0 Å². The van der Waals surface area contributed by atoms with Gasteiger partial charge in [-0.3, -0.25) is 0 Å². The molecule has 1 unspecified atom stereocenters. The molecule has 0 spiro atoms. The maximum Gasteiger partial charge on any atom is 0.0692 e. The van der Waals surface area contributed by atoms with Crippen LogP contribution in [0.2, 0.25) is 0 Å². The Labute approximate surface area is 94.1 Å². The molecule has 0 bridgehead atoms. The molecule has 1 saturated heterocycles. The van der Waals surface area contributed by atoms with Gasteiger partial charge in [0.25, 0.3) is 0 Å². The minimum Gasteiger partial charge on any atom is -0.375 e. The summed E-state index contributed by atoms with van der Waals surface area (Å²) in [7, 11) is 0. The molecule has 0 radical (unpaired) electrons. The minimum absolute atomic E-state index is 0.130. The Balaban J connectivity index is 2.44. The van der Waals surface area contributed by atoms with Gasteiger partial charge in [-0.1, -0.05) is 26.0 Å². The van der Waals surface area contributed by atoms with E-state index >= 15 is 0 Å². The lowest BCUT2D eigenvalue weighted by atomic mass is 9.86. The van der Waals surface area contributed by atoms with Crippen molar-refractivity contribution < 1.29 is 4.74 Å². The van der Waals surface area contributed by atoms with E-state index in [0.717, 1.165) is 38.8 Å². The molecular formula is C13H25NO. The van der Waals surface area contributed by atoms with Crippen molar-refractivity contribution in [2.75, 3.05) is 13.2 Å². The van der Waals surface area contributed by atoms with E-state index in [2.05, 4.69) is 32.7 Å². The summed E-state index contributed by atoms with van der Waals surface area (Å²) in [4.78, 5) is 0. The summed E-state index contributed by atoms with van der Waals surface area (Å²) in [6.45, 7) is 12.3. The van der Waals surface area contributed by atoms with Crippen LogP contribution >= 0.6 is 0 Å². The Morgan fingerprint density at radius 1 is 1.47 bits per heavy atom. The van der Waals surface area contributed by atoms with Gasteiger partial charge in [0.05, 0.1) is 5.60 Å². The third-order valence-electron chi connectivity index (χ3n) is 3.47. The molecule has 1 heterocycles. The third-order valence-corrected chi connectivity index (χ3v) is 3.47. The van der Waals surface area contributed by atoms with Crippen LogP contribution in [-0.4, -0.2) is 24.8 Å². The Kier molecular flexibility index (Phi) is 4.81. The predicted molar refractivity (Wildman–Crippen MR) is 65.1 cm³/mol. The van der Waals surface area contributed by atoms with Crippen molar-refractivity contribution in [1.29, 1.82) is 0 Å². The fourth-order valence-electron chi connectivity index (χ4n) is 2.26. The van der Waals surface area contributed by atoms with E-state index in [1.54, 1.807) is 0 Å². The lowest BCUT2D eigenvalue weighted by molar-refractivity contribution is -0.0927. The van der Waals surface area contributed by atoms with Gasteiger partial charge in [0.1, 0.15) is 0 Å². The average molecular weight is 211 g/mol. The topological polar surface area (TPSA) is 21.3 Å². The number of hydrogen-bond acceptors (Lipinski definition) is 2. The summed E-state index contributed by atoms with van der Waals surface area (Å²) in [6, 6.07) is 0.607. The highest BCUT2D eigenvalue weighted by Crippen LogP contribution is 2.31. The zero-order valence-corrected chi connectivity index (χ0v) is 10.4. The first-order valence-corrected chi connectivity index (χ1v) is 6.13. The fourth-order valence-corrected chi connectivity index (χ4v) is 2.26. The van der Waals surface area contributed by atoms with E-state index in [1.165, 1.54) is 5.57 Å². The lowest BCUT2D eigenvalue weighted by Gasteiger charge is -2.40. The zero-order chi connectivity index (χ0) is 11.3. The van der Waals surface area contributed by atoms with Crippen LogP contribution in [0.25, 0.3) is 0 Å². The van der Waals surface area contributed by atoms with Gasteiger partial charge < -0.3 is 10.1 Å².